The number of ether oxygens (including phenoxy) is 5. The van der Waals surface area contributed by atoms with Gasteiger partial charge in [-0.3, -0.25) is 0 Å². The van der Waals surface area contributed by atoms with Crippen molar-refractivity contribution in [3.05, 3.63) is 137 Å². The van der Waals surface area contributed by atoms with Gasteiger partial charge >= 0.3 is 0 Å². The molecule has 39 heavy (non-hydrogen) atoms. The molecule has 1 saturated heterocycles. The summed E-state index contributed by atoms with van der Waals surface area (Å²) in [5.41, 5.74) is 3.28. The largest absolute Gasteiger partial charge is 0.465 e. The molecule has 202 valence electrons. The normalized spacial score (nSPS) is 20.9. The van der Waals surface area contributed by atoms with Crippen LogP contribution in [0, 0.1) is 0 Å². The molecule has 1 aliphatic heterocycles. The first-order valence-corrected chi connectivity index (χ1v) is 13.6. The second-order valence-corrected chi connectivity index (χ2v) is 9.95. The molecule has 0 spiro atoms. The van der Waals surface area contributed by atoms with Gasteiger partial charge in [-0.2, -0.15) is 0 Å². The van der Waals surface area contributed by atoms with E-state index in [0.717, 1.165) is 16.7 Å². The van der Waals surface area contributed by atoms with Crippen molar-refractivity contribution in [2.75, 3.05) is 6.61 Å². The summed E-state index contributed by atoms with van der Waals surface area (Å²) in [5, 5.41) is 0.651. The Morgan fingerprint density at radius 3 is 1.77 bits per heavy atom. The van der Waals surface area contributed by atoms with Crippen LogP contribution >= 0.6 is 11.6 Å². The molecule has 4 atom stereocenters. The van der Waals surface area contributed by atoms with Crippen molar-refractivity contribution in [1.29, 1.82) is 0 Å². The second kappa shape index (κ2) is 14.3. The lowest BCUT2D eigenvalue weighted by atomic mass is 10.0. The molecule has 4 aromatic rings. The van der Waals surface area contributed by atoms with E-state index in [4.69, 9.17) is 35.3 Å². The zero-order valence-electron chi connectivity index (χ0n) is 21.7. The number of hydrogen-bond donors (Lipinski definition) is 0. The average Bonchev–Trinajstić information content (AvgIpc) is 2.98. The quantitative estimate of drug-likeness (QED) is 0.188. The zero-order chi connectivity index (χ0) is 26.7. The first kappa shape index (κ1) is 27.4. The topological polar surface area (TPSA) is 46.2 Å². The highest BCUT2D eigenvalue weighted by Gasteiger charge is 2.41. The fourth-order valence-corrected chi connectivity index (χ4v) is 4.68. The third-order valence-corrected chi connectivity index (χ3v) is 6.80. The SMILES string of the molecule is Clc1ccc(O[C@@H]2C[C@@H](OCc3ccccc3)[C@@H](OCc3ccccc3)C(COCc3ccccc3)O2)cc1. The number of hydrogen-bond acceptors (Lipinski definition) is 5. The lowest BCUT2D eigenvalue weighted by Gasteiger charge is -2.41. The molecule has 0 saturated carbocycles. The Morgan fingerprint density at radius 2 is 1.18 bits per heavy atom. The Morgan fingerprint density at radius 1 is 0.641 bits per heavy atom. The number of benzene rings is 4. The van der Waals surface area contributed by atoms with Crippen molar-refractivity contribution in [3.63, 3.8) is 0 Å². The molecular weight excluding hydrogens is 512 g/mol. The van der Waals surface area contributed by atoms with Gasteiger partial charge in [0.15, 0.2) is 0 Å². The summed E-state index contributed by atoms with van der Waals surface area (Å²) < 4.78 is 31.8. The van der Waals surface area contributed by atoms with Crippen LogP contribution in [0.4, 0.5) is 0 Å². The maximum Gasteiger partial charge on any atom is 0.202 e. The number of halogens is 1. The molecule has 1 fully saturated rings. The Kier molecular flexibility index (Phi) is 10.0. The van der Waals surface area contributed by atoms with E-state index in [2.05, 4.69) is 24.3 Å². The standard InChI is InChI=1S/C33H33ClO5/c34-28-16-18-29(19-17-28)38-32-20-30(36-22-26-12-6-2-7-13-26)33(37-23-27-14-8-3-9-15-27)31(39-32)24-35-21-25-10-4-1-5-11-25/h1-19,30-33H,20-24H2/t30-,31?,32+,33-/m1/s1. The predicted molar refractivity (Wildman–Crippen MR) is 151 cm³/mol. The summed E-state index contributed by atoms with van der Waals surface area (Å²) in [6.45, 7) is 1.71. The smallest absolute Gasteiger partial charge is 0.202 e. The first-order valence-electron chi connectivity index (χ1n) is 13.2. The Labute approximate surface area is 235 Å². The van der Waals surface area contributed by atoms with Gasteiger partial charge in [0.1, 0.15) is 18.0 Å². The van der Waals surface area contributed by atoms with Gasteiger partial charge in [-0.15, -0.1) is 0 Å². The van der Waals surface area contributed by atoms with E-state index in [1.54, 1.807) is 12.1 Å². The van der Waals surface area contributed by atoms with Crippen LogP contribution in [0.1, 0.15) is 23.1 Å². The molecule has 6 heteroatoms. The van der Waals surface area contributed by atoms with Crippen LogP contribution in [0.15, 0.2) is 115 Å². The molecule has 5 rings (SSSR count). The molecule has 1 heterocycles. The first-order chi connectivity index (χ1) is 19.2. The summed E-state index contributed by atoms with van der Waals surface area (Å²) in [7, 11) is 0. The predicted octanol–water partition coefficient (Wildman–Crippen LogP) is 7.22. The molecule has 5 nitrogen and oxygen atoms in total. The lowest BCUT2D eigenvalue weighted by molar-refractivity contribution is -0.257. The van der Waals surface area contributed by atoms with Crippen LogP contribution in [0.3, 0.4) is 0 Å². The van der Waals surface area contributed by atoms with Crippen LogP contribution in [0.2, 0.25) is 5.02 Å². The van der Waals surface area contributed by atoms with E-state index in [0.29, 0.717) is 43.6 Å². The highest BCUT2D eigenvalue weighted by molar-refractivity contribution is 6.30. The van der Waals surface area contributed by atoms with Gasteiger partial charge < -0.3 is 23.7 Å². The average molecular weight is 545 g/mol. The van der Waals surface area contributed by atoms with Crippen LogP contribution in [0.25, 0.3) is 0 Å². The molecule has 0 radical (unpaired) electrons. The second-order valence-electron chi connectivity index (χ2n) is 9.51. The maximum absolute atomic E-state index is 6.50. The zero-order valence-corrected chi connectivity index (χ0v) is 22.5. The van der Waals surface area contributed by atoms with E-state index in [-0.39, 0.29) is 12.2 Å². The Hall–Kier alpha value is -3.19. The van der Waals surface area contributed by atoms with Gasteiger partial charge in [0, 0.05) is 11.4 Å². The van der Waals surface area contributed by atoms with Gasteiger partial charge in [-0.1, -0.05) is 103 Å². The van der Waals surface area contributed by atoms with Gasteiger partial charge in [-0.25, -0.2) is 0 Å². The number of rotatable bonds is 12. The van der Waals surface area contributed by atoms with E-state index in [1.165, 1.54) is 0 Å². The molecule has 4 aromatic carbocycles. The van der Waals surface area contributed by atoms with Crippen molar-refractivity contribution < 1.29 is 23.7 Å². The third kappa shape index (κ3) is 8.40. The summed E-state index contributed by atoms with van der Waals surface area (Å²) in [5.74, 6) is 0.679. The van der Waals surface area contributed by atoms with Gasteiger partial charge in [0.2, 0.25) is 6.29 Å². The van der Waals surface area contributed by atoms with Crippen molar-refractivity contribution in [2.24, 2.45) is 0 Å². The minimum Gasteiger partial charge on any atom is -0.465 e. The minimum absolute atomic E-state index is 0.273. The molecule has 0 aliphatic carbocycles. The molecule has 0 aromatic heterocycles. The Balaban J connectivity index is 1.33. The van der Waals surface area contributed by atoms with Gasteiger partial charge in [-0.05, 0) is 41.0 Å². The van der Waals surface area contributed by atoms with Crippen molar-refractivity contribution in [3.8, 4) is 5.75 Å². The maximum atomic E-state index is 6.50. The van der Waals surface area contributed by atoms with Crippen LogP contribution < -0.4 is 4.74 Å². The summed E-state index contributed by atoms with van der Waals surface area (Å²) in [6, 6.07) is 37.6. The monoisotopic (exact) mass is 544 g/mol. The minimum atomic E-state index is -0.533. The summed E-state index contributed by atoms with van der Waals surface area (Å²) in [4.78, 5) is 0. The molecule has 1 aliphatic rings. The molecular formula is C33H33ClO5. The molecule has 0 amide bonds. The van der Waals surface area contributed by atoms with Crippen molar-refractivity contribution >= 4 is 11.6 Å². The molecule has 1 unspecified atom stereocenters. The van der Waals surface area contributed by atoms with E-state index >= 15 is 0 Å². The van der Waals surface area contributed by atoms with E-state index in [1.807, 2.05) is 78.9 Å². The highest BCUT2D eigenvalue weighted by atomic mass is 35.5. The van der Waals surface area contributed by atoms with E-state index < -0.39 is 12.4 Å². The van der Waals surface area contributed by atoms with Crippen LogP contribution in [0.5, 0.6) is 5.75 Å². The highest BCUT2D eigenvalue weighted by Crippen LogP contribution is 2.30. The summed E-state index contributed by atoms with van der Waals surface area (Å²) in [6.07, 6.45) is -1.05. The fourth-order valence-electron chi connectivity index (χ4n) is 4.55. The fraction of sp³-hybridized carbons (Fsp3) is 0.273. The van der Waals surface area contributed by atoms with E-state index in [9.17, 15) is 0 Å². The van der Waals surface area contributed by atoms with Crippen LogP contribution in [-0.2, 0) is 38.8 Å². The molecule has 0 N–H and O–H groups in total. The van der Waals surface area contributed by atoms with Crippen molar-refractivity contribution in [2.45, 2.75) is 50.8 Å². The van der Waals surface area contributed by atoms with Gasteiger partial charge in [0.25, 0.3) is 0 Å². The summed E-state index contributed by atoms with van der Waals surface area (Å²) >= 11 is 6.07. The van der Waals surface area contributed by atoms with Gasteiger partial charge in [0.05, 0.1) is 32.5 Å². The Bertz CT molecular complexity index is 1240. The van der Waals surface area contributed by atoms with Crippen LogP contribution in [-0.4, -0.2) is 31.2 Å². The third-order valence-electron chi connectivity index (χ3n) is 6.55. The molecule has 0 bridgehead atoms. The van der Waals surface area contributed by atoms with Crippen molar-refractivity contribution in [1.82, 2.24) is 0 Å². The lowest BCUT2D eigenvalue weighted by Crippen LogP contribution is -2.53.